The van der Waals surface area contributed by atoms with Crippen LogP contribution in [0.15, 0.2) is 11.8 Å². The maximum Gasteiger partial charge on any atom is 0.165 e. The van der Waals surface area contributed by atoms with Crippen LogP contribution in [-0.4, -0.2) is 26.8 Å². The quantitative estimate of drug-likeness (QED) is 0.684. The van der Waals surface area contributed by atoms with Crippen molar-refractivity contribution in [2.75, 3.05) is 0 Å². The van der Waals surface area contributed by atoms with E-state index in [4.69, 9.17) is 0 Å². The highest BCUT2D eigenvalue weighted by Crippen LogP contribution is 2.66. The number of aliphatic hydroxyl groups is 1. The van der Waals surface area contributed by atoms with Gasteiger partial charge in [-0.1, -0.05) is 13.8 Å². The van der Waals surface area contributed by atoms with E-state index in [-0.39, 0.29) is 11.5 Å². The number of aromatic nitrogens is 2. The van der Waals surface area contributed by atoms with Gasteiger partial charge in [0, 0.05) is 23.7 Å². The van der Waals surface area contributed by atoms with Gasteiger partial charge in [-0.3, -0.25) is 9.48 Å². The molecule has 4 heteroatoms. The lowest BCUT2D eigenvalue weighted by Gasteiger charge is -2.59. The van der Waals surface area contributed by atoms with Crippen LogP contribution in [0, 0.1) is 41.4 Å². The highest BCUT2D eigenvalue weighted by molar-refractivity contribution is 6.06. The molecule has 0 aromatic carbocycles. The first kappa shape index (κ1) is 20.5. The Kier molecular flexibility index (Phi) is 4.81. The number of carbonyl (C=O) groups excluding carboxylic acids is 1. The van der Waals surface area contributed by atoms with Crippen molar-refractivity contribution in [2.24, 2.45) is 34.5 Å². The van der Waals surface area contributed by atoms with Crippen LogP contribution < -0.4 is 0 Å². The molecule has 4 aliphatic rings. The van der Waals surface area contributed by atoms with Crippen molar-refractivity contribution in [3.8, 4) is 0 Å². The summed E-state index contributed by atoms with van der Waals surface area (Å²) in [4.78, 5) is 13.6. The van der Waals surface area contributed by atoms with Crippen LogP contribution in [0.5, 0.6) is 0 Å². The van der Waals surface area contributed by atoms with Crippen molar-refractivity contribution in [3.05, 3.63) is 23.0 Å². The van der Waals surface area contributed by atoms with Gasteiger partial charge in [0.05, 0.1) is 11.8 Å². The molecule has 4 aliphatic carbocycles. The molecule has 0 saturated heterocycles. The average molecular weight is 411 g/mol. The van der Waals surface area contributed by atoms with Crippen LogP contribution in [0.1, 0.15) is 83.4 Å². The lowest BCUT2D eigenvalue weighted by atomic mass is 9.45. The number of Topliss-reactive ketones (excluding diaryl/α,β-unsaturated/α-hetero) is 1. The second kappa shape index (κ2) is 7.05. The third-order valence-corrected chi connectivity index (χ3v) is 9.92. The number of ketones is 1. The maximum atomic E-state index is 13.6. The third-order valence-electron chi connectivity index (χ3n) is 9.92. The predicted octanol–water partition coefficient (Wildman–Crippen LogP) is 5.18. The molecule has 1 N–H and O–H groups in total. The molecule has 0 radical (unpaired) electrons. The summed E-state index contributed by atoms with van der Waals surface area (Å²) in [6, 6.07) is 0. The molecule has 1 heterocycles. The summed E-state index contributed by atoms with van der Waals surface area (Å²) in [5.41, 5.74) is 3.34. The molecule has 164 valence electrons. The van der Waals surface area contributed by atoms with Gasteiger partial charge < -0.3 is 5.11 Å². The van der Waals surface area contributed by atoms with Crippen molar-refractivity contribution in [1.82, 2.24) is 9.78 Å². The highest BCUT2D eigenvalue weighted by atomic mass is 16.3. The zero-order valence-corrected chi connectivity index (χ0v) is 19.2. The number of hydrogen-bond donors (Lipinski definition) is 1. The fourth-order valence-corrected chi connectivity index (χ4v) is 8.06. The third kappa shape index (κ3) is 2.89. The SMILES string of the molecule is CCn1cc(/C=C2\C[C@@H]3[C@H]4CC[C@H]5C[C@H](O)CC[C@]5(C)[C@@H]4CC[C@]3(C)C2=O)c(C)n1. The van der Waals surface area contributed by atoms with E-state index >= 15 is 0 Å². The molecule has 0 unspecified atom stereocenters. The molecule has 30 heavy (non-hydrogen) atoms. The molecule has 4 nitrogen and oxygen atoms in total. The maximum absolute atomic E-state index is 13.6. The van der Waals surface area contributed by atoms with Gasteiger partial charge in [-0.2, -0.15) is 5.10 Å². The fourth-order valence-electron chi connectivity index (χ4n) is 8.06. The number of allylic oxidation sites excluding steroid dienone is 1. The van der Waals surface area contributed by atoms with Crippen LogP contribution in [0.3, 0.4) is 0 Å². The van der Waals surface area contributed by atoms with Crippen molar-refractivity contribution in [3.63, 3.8) is 0 Å². The Labute approximate surface area is 181 Å². The smallest absolute Gasteiger partial charge is 0.165 e. The highest BCUT2D eigenvalue weighted by Gasteiger charge is 2.61. The summed E-state index contributed by atoms with van der Waals surface area (Å²) in [6.07, 6.45) is 12.9. The van der Waals surface area contributed by atoms with Gasteiger partial charge in [0.1, 0.15) is 0 Å². The molecule has 5 rings (SSSR count). The Balaban J connectivity index is 1.45. The fraction of sp³-hybridized carbons (Fsp3) is 0.769. The van der Waals surface area contributed by atoms with Crippen LogP contribution in [0.4, 0.5) is 0 Å². The van der Waals surface area contributed by atoms with E-state index in [1.54, 1.807) is 0 Å². The number of hydrogen-bond acceptors (Lipinski definition) is 3. The largest absolute Gasteiger partial charge is 0.393 e. The first-order chi connectivity index (χ1) is 14.3. The van der Waals surface area contributed by atoms with Crippen molar-refractivity contribution >= 4 is 11.9 Å². The average Bonchev–Trinajstić information content (AvgIpc) is 3.20. The van der Waals surface area contributed by atoms with Gasteiger partial charge in [-0.15, -0.1) is 0 Å². The summed E-state index contributed by atoms with van der Waals surface area (Å²) < 4.78 is 1.96. The van der Waals surface area contributed by atoms with Gasteiger partial charge in [0.25, 0.3) is 0 Å². The standard InChI is InChI=1S/C26H38N2O2/c1-5-28-15-18(16(2)27-28)12-17-13-23-21-7-6-19-14-20(29)8-10-25(19,3)22(21)9-11-26(23,4)24(17)30/h12,15,19-23,29H,5-11,13-14H2,1-4H3/b17-12+/t19-,20+,21-,22+,23+,25-,26-/m0/s1. The predicted molar refractivity (Wildman–Crippen MR) is 119 cm³/mol. The number of aryl methyl sites for hydroxylation is 2. The van der Waals surface area contributed by atoms with Crippen LogP contribution in [0.2, 0.25) is 0 Å². The molecule has 0 amide bonds. The minimum atomic E-state index is -0.182. The lowest BCUT2D eigenvalue weighted by Crippen LogP contribution is -2.54. The molecule has 0 spiro atoms. The second-order valence-electron chi connectivity index (χ2n) is 11.3. The Morgan fingerprint density at radius 2 is 2.00 bits per heavy atom. The summed E-state index contributed by atoms with van der Waals surface area (Å²) >= 11 is 0. The molecule has 4 fully saturated rings. The Morgan fingerprint density at radius 1 is 1.20 bits per heavy atom. The van der Waals surface area contributed by atoms with Gasteiger partial charge >= 0.3 is 0 Å². The van der Waals surface area contributed by atoms with Crippen LogP contribution in [-0.2, 0) is 11.3 Å². The first-order valence-electron chi connectivity index (χ1n) is 12.2. The normalized spacial score (nSPS) is 44.6. The zero-order valence-electron chi connectivity index (χ0n) is 19.2. The minimum Gasteiger partial charge on any atom is -0.393 e. The number of nitrogens with zero attached hydrogens (tertiary/aromatic N) is 2. The van der Waals surface area contributed by atoms with Gasteiger partial charge in [-0.25, -0.2) is 0 Å². The monoisotopic (exact) mass is 410 g/mol. The summed E-state index contributed by atoms with van der Waals surface area (Å²) in [5.74, 6) is 2.94. The molecular formula is C26H38N2O2. The number of carbonyl (C=O) groups is 1. The Morgan fingerprint density at radius 3 is 2.73 bits per heavy atom. The van der Waals surface area contributed by atoms with E-state index in [0.29, 0.717) is 29.0 Å². The van der Waals surface area contributed by atoms with Gasteiger partial charge in [0.15, 0.2) is 5.78 Å². The Hall–Kier alpha value is -1.42. The van der Waals surface area contributed by atoms with Crippen molar-refractivity contribution in [1.29, 1.82) is 0 Å². The molecule has 1 aromatic rings. The van der Waals surface area contributed by atoms with E-state index in [0.717, 1.165) is 61.4 Å². The van der Waals surface area contributed by atoms with E-state index in [9.17, 15) is 9.90 Å². The molecular weight excluding hydrogens is 372 g/mol. The summed E-state index contributed by atoms with van der Waals surface area (Å²) in [5, 5.41) is 14.8. The molecule has 1 aromatic heterocycles. The molecule has 7 atom stereocenters. The Bertz CT molecular complexity index is 886. The number of aliphatic hydroxyl groups excluding tert-OH is 1. The van der Waals surface area contributed by atoms with Crippen LogP contribution in [0.25, 0.3) is 6.08 Å². The number of fused-ring (bicyclic) bond motifs is 5. The lowest BCUT2D eigenvalue weighted by molar-refractivity contribution is -0.141. The summed E-state index contributed by atoms with van der Waals surface area (Å²) in [7, 11) is 0. The second-order valence-corrected chi connectivity index (χ2v) is 11.3. The first-order valence-corrected chi connectivity index (χ1v) is 12.2. The topological polar surface area (TPSA) is 55.1 Å². The summed E-state index contributed by atoms with van der Waals surface area (Å²) in [6.45, 7) is 9.78. The zero-order chi connectivity index (χ0) is 21.3. The van der Waals surface area contributed by atoms with E-state index in [2.05, 4.69) is 38.1 Å². The van der Waals surface area contributed by atoms with E-state index < -0.39 is 0 Å². The molecule has 0 bridgehead atoms. The van der Waals surface area contributed by atoms with E-state index in [1.165, 1.54) is 19.3 Å². The molecule has 0 aliphatic heterocycles. The van der Waals surface area contributed by atoms with Gasteiger partial charge in [0.2, 0.25) is 0 Å². The van der Waals surface area contributed by atoms with Crippen molar-refractivity contribution in [2.45, 2.75) is 91.7 Å². The van der Waals surface area contributed by atoms with Crippen molar-refractivity contribution < 1.29 is 9.90 Å². The van der Waals surface area contributed by atoms with Gasteiger partial charge in [-0.05, 0) is 106 Å². The molecule has 4 saturated carbocycles. The van der Waals surface area contributed by atoms with Crippen LogP contribution >= 0.6 is 0 Å². The minimum absolute atomic E-state index is 0.0941. The van der Waals surface area contributed by atoms with E-state index in [1.807, 2.05) is 11.6 Å². The number of rotatable bonds is 2.